The Morgan fingerprint density at radius 1 is 1.10 bits per heavy atom. The van der Waals surface area contributed by atoms with E-state index in [0.717, 1.165) is 0 Å². The molecule has 0 aliphatic rings. The zero-order chi connectivity index (χ0) is 15.5. The van der Waals surface area contributed by atoms with E-state index >= 15 is 0 Å². The molecular formula is C15H13ClO4S. The predicted octanol–water partition coefficient (Wildman–Crippen LogP) is 3.10. The van der Waals surface area contributed by atoms with Crippen LogP contribution in [0.4, 0.5) is 0 Å². The van der Waals surface area contributed by atoms with Gasteiger partial charge in [-0.3, -0.25) is 0 Å². The quantitative estimate of drug-likeness (QED) is 0.811. The number of esters is 1. The second kappa shape index (κ2) is 6.28. The number of rotatable bonds is 4. The second-order valence-corrected chi connectivity index (χ2v) is 6.79. The lowest BCUT2D eigenvalue weighted by molar-refractivity contribution is 0.0600. The third kappa shape index (κ3) is 3.62. The maximum atomic E-state index is 12.4. The molecule has 4 nitrogen and oxygen atoms in total. The van der Waals surface area contributed by atoms with Gasteiger partial charge in [-0.1, -0.05) is 29.8 Å². The van der Waals surface area contributed by atoms with E-state index in [1.807, 2.05) is 0 Å². The summed E-state index contributed by atoms with van der Waals surface area (Å²) < 4.78 is 29.4. The molecular weight excluding hydrogens is 312 g/mol. The molecule has 0 heterocycles. The van der Waals surface area contributed by atoms with E-state index in [9.17, 15) is 13.2 Å². The molecule has 6 heteroatoms. The van der Waals surface area contributed by atoms with Crippen LogP contribution in [0.2, 0.25) is 5.02 Å². The van der Waals surface area contributed by atoms with Crippen LogP contribution >= 0.6 is 11.6 Å². The lowest BCUT2D eigenvalue weighted by Crippen LogP contribution is -2.11. The van der Waals surface area contributed by atoms with Crippen molar-refractivity contribution in [1.29, 1.82) is 0 Å². The third-order valence-corrected chi connectivity index (χ3v) is 4.87. The summed E-state index contributed by atoms with van der Waals surface area (Å²) in [5, 5.41) is 0.462. The Balaban J connectivity index is 2.37. The number of hydrogen-bond acceptors (Lipinski definition) is 4. The van der Waals surface area contributed by atoms with Crippen molar-refractivity contribution in [2.45, 2.75) is 10.6 Å². The van der Waals surface area contributed by atoms with E-state index in [1.165, 1.54) is 31.4 Å². The number of carbonyl (C=O) groups excluding carboxylic acids is 1. The van der Waals surface area contributed by atoms with Crippen molar-refractivity contribution in [3.8, 4) is 0 Å². The van der Waals surface area contributed by atoms with Crippen molar-refractivity contribution in [3.05, 3.63) is 64.7 Å². The molecule has 0 aliphatic heterocycles. The van der Waals surface area contributed by atoms with Crippen LogP contribution in [0, 0.1) is 0 Å². The van der Waals surface area contributed by atoms with Crippen molar-refractivity contribution in [3.63, 3.8) is 0 Å². The molecule has 0 radical (unpaired) electrons. The normalized spacial score (nSPS) is 11.1. The average Bonchev–Trinajstić information content (AvgIpc) is 2.47. The highest BCUT2D eigenvalue weighted by molar-refractivity contribution is 7.90. The summed E-state index contributed by atoms with van der Waals surface area (Å²) >= 11 is 5.75. The molecule has 0 spiro atoms. The molecule has 21 heavy (non-hydrogen) atoms. The van der Waals surface area contributed by atoms with Crippen LogP contribution in [0.3, 0.4) is 0 Å². The molecule has 0 atom stereocenters. The smallest absolute Gasteiger partial charge is 0.338 e. The Morgan fingerprint density at radius 2 is 1.71 bits per heavy atom. The number of sulfone groups is 1. The summed E-state index contributed by atoms with van der Waals surface area (Å²) in [6.07, 6.45) is 0. The van der Waals surface area contributed by atoms with E-state index in [4.69, 9.17) is 11.6 Å². The summed E-state index contributed by atoms with van der Waals surface area (Å²) in [6.45, 7) is 0. The molecule has 0 saturated heterocycles. The van der Waals surface area contributed by atoms with Gasteiger partial charge in [-0.05, 0) is 35.9 Å². The first-order valence-electron chi connectivity index (χ1n) is 6.08. The van der Waals surface area contributed by atoms with Crippen molar-refractivity contribution >= 4 is 27.4 Å². The Labute approximate surface area is 128 Å². The second-order valence-electron chi connectivity index (χ2n) is 4.36. The Kier molecular flexibility index (Phi) is 4.65. The highest BCUT2D eigenvalue weighted by Gasteiger charge is 2.19. The lowest BCUT2D eigenvalue weighted by atomic mass is 10.1. The lowest BCUT2D eigenvalue weighted by Gasteiger charge is -2.09. The van der Waals surface area contributed by atoms with Crippen LogP contribution in [-0.4, -0.2) is 21.5 Å². The van der Waals surface area contributed by atoms with Crippen LogP contribution in [0.25, 0.3) is 0 Å². The van der Waals surface area contributed by atoms with Crippen LogP contribution < -0.4 is 0 Å². The van der Waals surface area contributed by atoms with Gasteiger partial charge in [0, 0.05) is 5.02 Å². The maximum absolute atomic E-state index is 12.4. The SMILES string of the molecule is COC(=O)c1ccccc1CS(=O)(=O)c1ccc(Cl)cc1. The fraction of sp³-hybridized carbons (Fsp3) is 0.133. The molecule has 0 saturated carbocycles. The minimum absolute atomic E-state index is 0.159. The summed E-state index contributed by atoms with van der Waals surface area (Å²) in [7, 11) is -2.30. The van der Waals surface area contributed by atoms with Gasteiger partial charge in [0.05, 0.1) is 23.3 Å². The fourth-order valence-corrected chi connectivity index (χ4v) is 3.39. The number of halogens is 1. The largest absolute Gasteiger partial charge is 0.465 e. The van der Waals surface area contributed by atoms with Gasteiger partial charge in [0.15, 0.2) is 9.84 Å². The molecule has 0 aliphatic carbocycles. The standard InChI is InChI=1S/C15H13ClO4S/c1-20-15(17)14-5-3-2-4-11(14)10-21(18,19)13-8-6-12(16)7-9-13/h2-9H,10H2,1H3. The van der Waals surface area contributed by atoms with Gasteiger partial charge < -0.3 is 4.74 Å². The van der Waals surface area contributed by atoms with Gasteiger partial charge in [0.1, 0.15) is 0 Å². The van der Waals surface area contributed by atoms with E-state index in [0.29, 0.717) is 10.6 Å². The first-order chi connectivity index (χ1) is 9.94. The number of hydrogen-bond donors (Lipinski definition) is 0. The van der Waals surface area contributed by atoms with Crippen LogP contribution in [0.1, 0.15) is 15.9 Å². The Hall–Kier alpha value is -1.85. The van der Waals surface area contributed by atoms with E-state index in [-0.39, 0.29) is 16.2 Å². The highest BCUT2D eigenvalue weighted by Crippen LogP contribution is 2.21. The minimum Gasteiger partial charge on any atom is -0.465 e. The van der Waals surface area contributed by atoms with Crippen molar-refractivity contribution in [2.75, 3.05) is 7.11 Å². The minimum atomic E-state index is -3.56. The predicted molar refractivity (Wildman–Crippen MR) is 80.1 cm³/mol. The molecule has 2 rings (SSSR count). The van der Waals surface area contributed by atoms with Crippen LogP contribution in [0.15, 0.2) is 53.4 Å². The van der Waals surface area contributed by atoms with Crippen LogP contribution in [-0.2, 0) is 20.3 Å². The molecule has 0 unspecified atom stereocenters. The molecule has 0 aromatic heterocycles. The highest BCUT2D eigenvalue weighted by atomic mass is 35.5. The first-order valence-corrected chi connectivity index (χ1v) is 8.11. The Morgan fingerprint density at radius 3 is 2.33 bits per heavy atom. The molecule has 2 aromatic rings. The average molecular weight is 325 g/mol. The summed E-state index contributed by atoms with van der Waals surface area (Å²) in [5.41, 5.74) is 0.650. The van der Waals surface area contributed by atoms with Crippen LogP contribution in [0.5, 0.6) is 0 Å². The molecule has 2 aromatic carbocycles. The molecule has 0 amide bonds. The number of carbonyl (C=O) groups is 1. The zero-order valence-corrected chi connectivity index (χ0v) is 12.8. The topological polar surface area (TPSA) is 60.4 Å². The van der Waals surface area contributed by atoms with Gasteiger partial charge in [0.2, 0.25) is 0 Å². The van der Waals surface area contributed by atoms with Gasteiger partial charge in [0.25, 0.3) is 0 Å². The third-order valence-electron chi connectivity index (χ3n) is 2.94. The summed E-state index contributed by atoms with van der Waals surface area (Å²) in [6, 6.07) is 12.4. The number of benzene rings is 2. The first kappa shape index (κ1) is 15.5. The molecule has 0 bridgehead atoms. The number of methoxy groups -OCH3 is 1. The van der Waals surface area contributed by atoms with Gasteiger partial charge in [-0.15, -0.1) is 0 Å². The van der Waals surface area contributed by atoms with Crippen molar-refractivity contribution in [1.82, 2.24) is 0 Å². The van der Waals surface area contributed by atoms with Gasteiger partial charge in [-0.25, -0.2) is 13.2 Å². The molecule has 0 N–H and O–H groups in total. The monoisotopic (exact) mass is 324 g/mol. The van der Waals surface area contributed by atoms with Crippen molar-refractivity contribution in [2.24, 2.45) is 0 Å². The number of ether oxygens (including phenoxy) is 1. The van der Waals surface area contributed by atoms with E-state index in [1.54, 1.807) is 24.3 Å². The van der Waals surface area contributed by atoms with Gasteiger partial charge >= 0.3 is 5.97 Å². The molecule has 0 fully saturated rings. The summed E-state index contributed by atoms with van der Waals surface area (Å²) in [4.78, 5) is 11.8. The molecule has 110 valence electrons. The Bertz CT molecular complexity index is 751. The zero-order valence-electron chi connectivity index (χ0n) is 11.2. The van der Waals surface area contributed by atoms with Gasteiger partial charge in [-0.2, -0.15) is 0 Å². The van der Waals surface area contributed by atoms with Crippen molar-refractivity contribution < 1.29 is 17.9 Å². The maximum Gasteiger partial charge on any atom is 0.338 e. The van der Waals surface area contributed by atoms with E-state index < -0.39 is 15.8 Å². The fourth-order valence-electron chi connectivity index (χ4n) is 1.89. The van der Waals surface area contributed by atoms with E-state index in [2.05, 4.69) is 4.74 Å². The summed E-state index contributed by atoms with van der Waals surface area (Å²) in [5.74, 6) is -0.836.